The number of nitrogens with zero attached hydrogens (tertiary/aromatic N) is 2. The molecule has 2 aromatic rings. The maximum atomic E-state index is 13.3. The molecule has 34 heavy (non-hydrogen) atoms. The van der Waals surface area contributed by atoms with Gasteiger partial charge in [-0.1, -0.05) is 12.8 Å². The quantitative estimate of drug-likeness (QED) is 0.624. The molecule has 0 saturated carbocycles. The standard InChI is InChI=1S/C25H34N4O4S/c1-2-33-21-8-10-22(11-9-21)34(31,32)27-23-19-20(25(30)29-15-5-3-4-6-16-29)7-12-24(23)28-17-13-26-14-18-28/h7-12,19,26-27H,2-6,13-18H2,1H3. The number of hydrogen-bond donors (Lipinski definition) is 2. The Morgan fingerprint density at radius 2 is 1.65 bits per heavy atom. The number of anilines is 2. The maximum Gasteiger partial charge on any atom is 0.261 e. The third-order valence-corrected chi connectivity index (χ3v) is 7.67. The molecular formula is C25H34N4O4S. The molecule has 0 bridgehead atoms. The molecule has 184 valence electrons. The predicted molar refractivity (Wildman–Crippen MR) is 134 cm³/mol. The average Bonchev–Trinajstić information content (AvgIpc) is 3.14. The van der Waals surface area contributed by atoms with E-state index in [2.05, 4.69) is 14.9 Å². The molecule has 2 saturated heterocycles. The van der Waals surface area contributed by atoms with Gasteiger partial charge in [-0.15, -0.1) is 0 Å². The molecule has 0 spiro atoms. The fraction of sp³-hybridized carbons (Fsp3) is 0.480. The number of rotatable bonds is 7. The number of piperazine rings is 1. The van der Waals surface area contributed by atoms with E-state index in [4.69, 9.17) is 4.74 Å². The molecule has 2 aliphatic rings. The zero-order chi connectivity index (χ0) is 24.0. The second-order valence-electron chi connectivity index (χ2n) is 8.69. The summed E-state index contributed by atoms with van der Waals surface area (Å²) in [6.07, 6.45) is 4.28. The van der Waals surface area contributed by atoms with Crippen LogP contribution in [0.25, 0.3) is 0 Å². The average molecular weight is 487 g/mol. The molecule has 9 heteroatoms. The molecule has 1 amide bonds. The summed E-state index contributed by atoms with van der Waals surface area (Å²) in [5.74, 6) is 0.572. The van der Waals surface area contributed by atoms with Crippen molar-refractivity contribution in [3.8, 4) is 5.75 Å². The Kier molecular flexibility index (Phi) is 7.95. The van der Waals surface area contributed by atoms with Gasteiger partial charge < -0.3 is 19.9 Å². The van der Waals surface area contributed by atoms with Crippen molar-refractivity contribution >= 4 is 27.3 Å². The molecule has 2 aromatic carbocycles. The molecule has 0 radical (unpaired) electrons. The van der Waals surface area contributed by atoms with Crippen LogP contribution in [-0.4, -0.2) is 65.1 Å². The summed E-state index contributed by atoms with van der Waals surface area (Å²) in [6.45, 7) is 7.03. The molecule has 0 atom stereocenters. The Morgan fingerprint density at radius 3 is 2.29 bits per heavy atom. The zero-order valence-corrected chi connectivity index (χ0v) is 20.6. The number of carbonyl (C=O) groups excluding carboxylic acids is 1. The van der Waals surface area contributed by atoms with E-state index in [0.717, 1.165) is 70.6 Å². The highest BCUT2D eigenvalue weighted by molar-refractivity contribution is 7.92. The van der Waals surface area contributed by atoms with Gasteiger partial charge in [0.05, 0.1) is 22.9 Å². The van der Waals surface area contributed by atoms with Crippen LogP contribution in [0.15, 0.2) is 47.4 Å². The second-order valence-corrected chi connectivity index (χ2v) is 10.4. The number of sulfonamides is 1. The van der Waals surface area contributed by atoms with Crippen LogP contribution in [0.4, 0.5) is 11.4 Å². The van der Waals surface area contributed by atoms with Gasteiger partial charge in [0, 0.05) is 44.8 Å². The SMILES string of the molecule is CCOc1ccc(S(=O)(=O)Nc2cc(C(=O)N3CCCCCC3)ccc2N2CCNCC2)cc1. The fourth-order valence-electron chi connectivity index (χ4n) is 4.47. The van der Waals surface area contributed by atoms with Gasteiger partial charge in [0.2, 0.25) is 0 Å². The van der Waals surface area contributed by atoms with Crippen LogP contribution in [0.2, 0.25) is 0 Å². The first-order valence-electron chi connectivity index (χ1n) is 12.1. The van der Waals surface area contributed by atoms with Gasteiger partial charge in [0.15, 0.2) is 0 Å². The van der Waals surface area contributed by atoms with Gasteiger partial charge in [0.1, 0.15) is 5.75 Å². The summed E-state index contributed by atoms with van der Waals surface area (Å²) < 4.78 is 34.7. The van der Waals surface area contributed by atoms with Gasteiger partial charge in [0.25, 0.3) is 15.9 Å². The summed E-state index contributed by atoms with van der Waals surface area (Å²) >= 11 is 0. The largest absolute Gasteiger partial charge is 0.494 e. The molecule has 4 rings (SSSR count). The Bertz CT molecular complexity index is 1070. The van der Waals surface area contributed by atoms with Crippen molar-refractivity contribution in [2.24, 2.45) is 0 Å². The summed E-state index contributed by atoms with van der Waals surface area (Å²) in [7, 11) is -3.85. The van der Waals surface area contributed by atoms with Gasteiger partial charge >= 0.3 is 0 Å². The minimum absolute atomic E-state index is 0.0460. The number of hydrogen-bond acceptors (Lipinski definition) is 6. The number of benzene rings is 2. The summed E-state index contributed by atoms with van der Waals surface area (Å²) in [5.41, 5.74) is 1.71. The third-order valence-electron chi connectivity index (χ3n) is 6.28. The lowest BCUT2D eigenvalue weighted by Gasteiger charge is -2.31. The van der Waals surface area contributed by atoms with Crippen molar-refractivity contribution < 1.29 is 17.9 Å². The van der Waals surface area contributed by atoms with E-state index >= 15 is 0 Å². The van der Waals surface area contributed by atoms with Crippen molar-refractivity contribution in [2.45, 2.75) is 37.5 Å². The highest BCUT2D eigenvalue weighted by atomic mass is 32.2. The van der Waals surface area contributed by atoms with Crippen LogP contribution in [0.3, 0.4) is 0 Å². The number of ether oxygens (including phenoxy) is 1. The lowest BCUT2D eigenvalue weighted by molar-refractivity contribution is 0.0761. The van der Waals surface area contributed by atoms with E-state index in [-0.39, 0.29) is 10.8 Å². The second kappa shape index (κ2) is 11.1. The molecule has 2 N–H and O–H groups in total. The minimum atomic E-state index is -3.85. The van der Waals surface area contributed by atoms with E-state index in [1.807, 2.05) is 24.0 Å². The normalized spacial score (nSPS) is 17.2. The van der Waals surface area contributed by atoms with Crippen LogP contribution in [0.5, 0.6) is 5.75 Å². The Balaban J connectivity index is 1.64. The molecule has 0 aromatic heterocycles. The van der Waals surface area contributed by atoms with Crippen molar-refractivity contribution in [1.29, 1.82) is 0 Å². The summed E-state index contributed by atoms with van der Waals surface area (Å²) in [6, 6.07) is 11.7. The van der Waals surface area contributed by atoms with E-state index < -0.39 is 10.0 Å². The minimum Gasteiger partial charge on any atom is -0.494 e. The van der Waals surface area contributed by atoms with Crippen LogP contribution in [-0.2, 0) is 10.0 Å². The topological polar surface area (TPSA) is 91.0 Å². The Hall–Kier alpha value is -2.78. The zero-order valence-electron chi connectivity index (χ0n) is 19.8. The van der Waals surface area contributed by atoms with Crippen LogP contribution >= 0.6 is 0 Å². The molecule has 0 aliphatic carbocycles. The van der Waals surface area contributed by atoms with E-state index in [1.165, 1.54) is 12.1 Å². The molecule has 2 heterocycles. The lowest BCUT2D eigenvalue weighted by atomic mass is 10.1. The van der Waals surface area contributed by atoms with E-state index in [9.17, 15) is 13.2 Å². The third kappa shape index (κ3) is 5.82. The first-order valence-corrected chi connectivity index (χ1v) is 13.6. The highest BCUT2D eigenvalue weighted by Gasteiger charge is 2.23. The monoisotopic (exact) mass is 486 g/mol. The number of carbonyl (C=O) groups is 1. The Labute approximate surface area is 202 Å². The van der Waals surface area contributed by atoms with Gasteiger partial charge in [-0.25, -0.2) is 8.42 Å². The van der Waals surface area contributed by atoms with Crippen LogP contribution in [0, 0.1) is 0 Å². The van der Waals surface area contributed by atoms with Crippen molar-refractivity contribution in [3.63, 3.8) is 0 Å². The highest BCUT2D eigenvalue weighted by Crippen LogP contribution is 2.31. The van der Waals surface area contributed by atoms with Crippen LogP contribution in [0.1, 0.15) is 43.0 Å². The maximum absolute atomic E-state index is 13.3. The summed E-state index contributed by atoms with van der Waals surface area (Å²) in [5, 5.41) is 3.32. The number of amides is 1. The van der Waals surface area contributed by atoms with Crippen molar-refractivity contribution in [2.75, 3.05) is 55.5 Å². The fourth-order valence-corrected chi connectivity index (χ4v) is 5.54. The van der Waals surface area contributed by atoms with E-state index in [1.54, 1.807) is 18.2 Å². The molecular weight excluding hydrogens is 452 g/mol. The molecule has 2 aliphatic heterocycles. The molecule has 8 nitrogen and oxygen atoms in total. The first kappa shape index (κ1) is 24.3. The Morgan fingerprint density at radius 1 is 0.971 bits per heavy atom. The molecule has 0 unspecified atom stereocenters. The van der Waals surface area contributed by atoms with Crippen molar-refractivity contribution in [3.05, 3.63) is 48.0 Å². The first-order chi connectivity index (χ1) is 16.5. The predicted octanol–water partition coefficient (Wildman–Crippen LogP) is 3.31. The van der Waals surface area contributed by atoms with Gasteiger partial charge in [-0.3, -0.25) is 9.52 Å². The van der Waals surface area contributed by atoms with Gasteiger partial charge in [-0.05, 0) is 62.2 Å². The van der Waals surface area contributed by atoms with E-state index in [0.29, 0.717) is 23.6 Å². The van der Waals surface area contributed by atoms with Crippen molar-refractivity contribution in [1.82, 2.24) is 10.2 Å². The number of nitrogens with one attached hydrogen (secondary N) is 2. The molecule has 2 fully saturated rings. The van der Waals surface area contributed by atoms with Gasteiger partial charge in [-0.2, -0.15) is 0 Å². The smallest absolute Gasteiger partial charge is 0.261 e. The number of likely N-dealkylation sites (tertiary alicyclic amines) is 1. The summed E-state index contributed by atoms with van der Waals surface area (Å²) in [4.78, 5) is 17.4. The van der Waals surface area contributed by atoms with Crippen LogP contribution < -0.4 is 19.7 Å². The lowest BCUT2D eigenvalue weighted by Crippen LogP contribution is -2.43.